The summed E-state index contributed by atoms with van der Waals surface area (Å²) in [5.41, 5.74) is 1.53. The first-order valence-electron chi connectivity index (χ1n) is 6.20. The first kappa shape index (κ1) is 14.0. The van der Waals surface area contributed by atoms with E-state index in [1.54, 1.807) is 25.1 Å². The number of carboxylic acid groups (broad SMARTS) is 1. The number of nitrogens with one attached hydrogen (secondary N) is 1. The molecule has 0 fully saturated rings. The highest BCUT2D eigenvalue weighted by molar-refractivity contribution is 5.93. The van der Waals surface area contributed by atoms with Crippen LogP contribution in [-0.4, -0.2) is 16.1 Å². The standard InChI is InChI=1S/C15H15FN2O2/c1-9-6-7-13(15(19)20)14(17-9)18-10(2)11-4-3-5-12(16)8-11/h3-8,10H,1-2H3,(H,17,18)(H,19,20). The average molecular weight is 274 g/mol. The highest BCUT2D eigenvalue weighted by atomic mass is 19.1. The van der Waals surface area contributed by atoms with E-state index in [2.05, 4.69) is 10.3 Å². The van der Waals surface area contributed by atoms with Crippen LogP contribution in [0, 0.1) is 12.7 Å². The van der Waals surface area contributed by atoms with Gasteiger partial charge in [0.05, 0.1) is 6.04 Å². The zero-order valence-electron chi connectivity index (χ0n) is 11.2. The quantitative estimate of drug-likeness (QED) is 0.897. The molecule has 0 bridgehead atoms. The lowest BCUT2D eigenvalue weighted by Crippen LogP contribution is -2.13. The number of hydrogen-bond acceptors (Lipinski definition) is 3. The van der Waals surface area contributed by atoms with Crippen LogP contribution in [0.15, 0.2) is 36.4 Å². The van der Waals surface area contributed by atoms with Gasteiger partial charge in [-0.2, -0.15) is 0 Å². The topological polar surface area (TPSA) is 62.2 Å². The van der Waals surface area contributed by atoms with Gasteiger partial charge in [-0.25, -0.2) is 14.2 Å². The highest BCUT2D eigenvalue weighted by Crippen LogP contribution is 2.21. The number of aromatic nitrogens is 1. The van der Waals surface area contributed by atoms with E-state index < -0.39 is 5.97 Å². The molecular weight excluding hydrogens is 259 g/mol. The molecule has 1 unspecified atom stereocenters. The number of nitrogens with zero attached hydrogens (tertiary/aromatic N) is 1. The fourth-order valence-electron chi connectivity index (χ4n) is 1.90. The fraction of sp³-hybridized carbons (Fsp3) is 0.200. The van der Waals surface area contributed by atoms with E-state index >= 15 is 0 Å². The van der Waals surface area contributed by atoms with Crippen molar-refractivity contribution in [3.8, 4) is 0 Å². The summed E-state index contributed by atoms with van der Waals surface area (Å²) in [6, 6.07) is 9.06. The largest absolute Gasteiger partial charge is 0.478 e. The summed E-state index contributed by atoms with van der Waals surface area (Å²) < 4.78 is 13.2. The van der Waals surface area contributed by atoms with Gasteiger partial charge >= 0.3 is 5.97 Å². The van der Waals surface area contributed by atoms with E-state index in [1.165, 1.54) is 18.2 Å². The van der Waals surface area contributed by atoms with Gasteiger partial charge in [-0.3, -0.25) is 0 Å². The number of aromatic carboxylic acids is 1. The minimum atomic E-state index is -1.05. The Hall–Kier alpha value is -2.43. The molecule has 0 aliphatic heterocycles. The number of rotatable bonds is 4. The van der Waals surface area contributed by atoms with Gasteiger partial charge in [0.15, 0.2) is 0 Å². The summed E-state index contributed by atoms with van der Waals surface area (Å²) in [6.07, 6.45) is 0. The van der Waals surface area contributed by atoms with Crippen LogP contribution in [-0.2, 0) is 0 Å². The van der Waals surface area contributed by atoms with Gasteiger partial charge in [0.1, 0.15) is 17.2 Å². The Kier molecular flexibility index (Phi) is 3.98. The van der Waals surface area contributed by atoms with Crippen molar-refractivity contribution in [2.24, 2.45) is 0 Å². The van der Waals surface area contributed by atoms with Gasteiger partial charge in [0, 0.05) is 5.69 Å². The monoisotopic (exact) mass is 274 g/mol. The Bertz CT molecular complexity index is 644. The summed E-state index contributed by atoms with van der Waals surface area (Å²) in [6.45, 7) is 3.61. The minimum Gasteiger partial charge on any atom is -0.478 e. The molecule has 20 heavy (non-hydrogen) atoms. The lowest BCUT2D eigenvalue weighted by atomic mass is 10.1. The van der Waals surface area contributed by atoms with Crippen molar-refractivity contribution in [3.63, 3.8) is 0 Å². The molecular formula is C15H15FN2O2. The second kappa shape index (κ2) is 5.69. The smallest absolute Gasteiger partial charge is 0.339 e. The molecule has 0 spiro atoms. The zero-order chi connectivity index (χ0) is 14.7. The van der Waals surface area contributed by atoms with Crippen LogP contribution in [0.1, 0.15) is 34.6 Å². The van der Waals surface area contributed by atoms with Crippen molar-refractivity contribution in [3.05, 3.63) is 59.0 Å². The fourth-order valence-corrected chi connectivity index (χ4v) is 1.90. The molecule has 104 valence electrons. The maximum atomic E-state index is 13.2. The van der Waals surface area contributed by atoms with E-state index in [0.717, 1.165) is 5.56 Å². The van der Waals surface area contributed by atoms with Gasteiger partial charge < -0.3 is 10.4 Å². The van der Waals surface area contributed by atoms with Crippen molar-refractivity contribution in [1.29, 1.82) is 0 Å². The number of halogens is 1. The molecule has 2 rings (SSSR count). The molecule has 0 saturated heterocycles. The van der Waals surface area contributed by atoms with Crippen LogP contribution in [0.4, 0.5) is 10.2 Å². The number of anilines is 1. The van der Waals surface area contributed by atoms with Gasteiger partial charge in [-0.05, 0) is 43.7 Å². The van der Waals surface area contributed by atoms with Crippen LogP contribution >= 0.6 is 0 Å². The first-order valence-corrected chi connectivity index (χ1v) is 6.20. The van der Waals surface area contributed by atoms with E-state index in [9.17, 15) is 9.18 Å². The predicted octanol–water partition coefficient (Wildman–Crippen LogP) is 3.40. The third kappa shape index (κ3) is 3.12. The molecule has 0 aliphatic carbocycles. The third-order valence-electron chi connectivity index (χ3n) is 2.97. The van der Waals surface area contributed by atoms with Crippen molar-refractivity contribution in [2.45, 2.75) is 19.9 Å². The second-order valence-corrected chi connectivity index (χ2v) is 4.57. The maximum absolute atomic E-state index is 13.2. The SMILES string of the molecule is Cc1ccc(C(=O)O)c(NC(C)c2cccc(F)c2)n1. The number of pyridine rings is 1. The summed E-state index contributed by atoms with van der Waals surface area (Å²) in [7, 11) is 0. The van der Waals surface area contributed by atoms with Crippen LogP contribution in [0.3, 0.4) is 0 Å². The third-order valence-corrected chi connectivity index (χ3v) is 2.97. The molecule has 0 amide bonds. The van der Waals surface area contributed by atoms with E-state index in [4.69, 9.17) is 5.11 Å². The zero-order valence-corrected chi connectivity index (χ0v) is 11.2. The minimum absolute atomic E-state index is 0.0962. The van der Waals surface area contributed by atoms with Crippen molar-refractivity contribution in [1.82, 2.24) is 4.98 Å². The van der Waals surface area contributed by atoms with E-state index in [-0.39, 0.29) is 23.2 Å². The number of carboxylic acids is 1. The van der Waals surface area contributed by atoms with Gasteiger partial charge in [-0.15, -0.1) is 0 Å². The Morgan fingerprint density at radius 1 is 1.35 bits per heavy atom. The molecule has 1 heterocycles. The van der Waals surface area contributed by atoms with E-state index in [1.807, 2.05) is 6.92 Å². The number of aryl methyl sites for hydroxylation is 1. The van der Waals surface area contributed by atoms with Gasteiger partial charge in [0.25, 0.3) is 0 Å². The average Bonchev–Trinajstić information content (AvgIpc) is 2.38. The Labute approximate surface area is 116 Å². The van der Waals surface area contributed by atoms with Crippen LogP contribution < -0.4 is 5.32 Å². The van der Waals surface area contributed by atoms with Crippen molar-refractivity contribution < 1.29 is 14.3 Å². The number of hydrogen-bond donors (Lipinski definition) is 2. The molecule has 4 nitrogen and oxygen atoms in total. The number of benzene rings is 1. The molecule has 5 heteroatoms. The van der Waals surface area contributed by atoms with Crippen LogP contribution in [0.5, 0.6) is 0 Å². The van der Waals surface area contributed by atoms with Gasteiger partial charge in [0.2, 0.25) is 0 Å². The van der Waals surface area contributed by atoms with E-state index in [0.29, 0.717) is 5.69 Å². The van der Waals surface area contributed by atoms with Crippen molar-refractivity contribution >= 4 is 11.8 Å². The number of carbonyl (C=O) groups is 1. The maximum Gasteiger partial charge on any atom is 0.339 e. The van der Waals surface area contributed by atoms with Gasteiger partial charge in [-0.1, -0.05) is 12.1 Å². The lowest BCUT2D eigenvalue weighted by molar-refractivity contribution is 0.0697. The molecule has 2 aromatic rings. The Morgan fingerprint density at radius 2 is 2.10 bits per heavy atom. The second-order valence-electron chi connectivity index (χ2n) is 4.57. The Morgan fingerprint density at radius 3 is 2.75 bits per heavy atom. The molecule has 2 N–H and O–H groups in total. The normalized spacial score (nSPS) is 11.9. The molecule has 0 aliphatic rings. The van der Waals surface area contributed by atoms with Crippen LogP contribution in [0.25, 0.3) is 0 Å². The summed E-state index contributed by atoms with van der Waals surface area (Å²) in [5, 5.41) is 12.2. The summed E-state index contributed by atoms with van der Waals surface area (Å²) >= 11 is 0. The molecule has 0 saturated carbocycles. The highest BCUT2D eigenvalue weighted by Gasteiger charge is 2.14. The first-order chi connectivity index (χ1) is 9.47. The summed E-state index contributed by atoms with van der Waals surface area (Å²) in [5.74, 6) is -1.09. The molecule has 1 atom stereocenters. The van der Waals surface area contributed by atoms with Crippen LogP contribution in [0.2, 0.25) is 0 Å². The molecule has 0 radical (unpaired) electrons. The lowest BCUT2D eigenvalue weighted by Gasteiger charge is -2.17. The molecule has 1 aromatic carbocycles. The summed E-state index contributed by atoms with van der Waals surface area (Å²) in [4.78, 5) is 15.4. The predicted molar refractivity (Wildman–Crippen MR) is 74.4 cm³/mol. The van der Waals surface area contributed by atoms with Crippen molar-refractivity contribution in [2.75, 3.05) is 5.32 Å². The molecule has 1 aromatic heterocycles. The Balaban J connectivity index is 2.29.